The first kappa shape index (κ1) is 13.7. The van der Waals surface area contributed by atoms with Crippen molar-refractivity contribution in [2.24, 2.45) is 0 Å². The normalized spacial score (nSPS) is 16.8. The van der Waals surface area contributed by atoms with E-state index in [4.69, 9.17) is 9.47 Å². The van der Waals surface area contributed by atoms with Crippen molar-refractivity contribution in [2.45, 2.75) is 25.8 Å². The van der Waals surface area contributed by atoms with E-state index in [1.54, 1.807) is 6.92 Å². The Bertz CT molecular complexity index is 716. The molecule has 0 spiro atoms. The summed E-state index contributed by atoms with van der Waals surface area (Å²) in [7, 11) is 1.36. The fourth-order valence-corrected chi connectivity index (χ4v) is 3.11. The van der Waals surface area contributed by atoms with Crippen molar-refractivity contribution < 1.29 is 19.1 Å². The highest BCUT2D eigenvalue weighted by molar-refractivity contribution is 6.07. The van der Waals surface area contributed by atoms with E-state index < -0.39 is 11.9 Å². The summed E-state index contributed by atoms with van der Waals surface area (Å²) in [5, 5.41) is 0.827. The number of nitrogens with zero attached hydrogens (tertiary/aromatic N) is 1. The molecule has 1 aliphatic rings. The molecular weight excluding hydrogens is 270 g/mol. The molecule has 3 rings (SSSR count). The summed E-state index contributed by atoms with van der Waals surface area (Å²) < 4.78 is 12.1. The van der Waals surface area contributed by atoms with E-state index in [2.05, 4.69) is 0 Å². The molecule has 0 amide bonds. The monoisotopic (exact) mass is 287 g/mol. The minimum atomic E-state index is -0.406. The minimum absolute atomic E-state index is 0.274. The SMILES string of the molecule is CCOC(=O)C1CCn2c1c(C(=O)OC)c1ccccc12. The lowest BCUT2D eigenvalue weighted by Gasteiger charge is -2.10. The van der Waals surface area contributed by atoms with E-state index >= 15 is 0 Å². The van der Waals surface area contributed by atoms with Crippen molar-refractivity contribution in [3.8, 4) is 0 Å². The van der Waals surface area contributed by atoms with Crippen molar-refractivity contribution in [1.82, 2.24) is 4.57 Å². The quantitative estimate of drug-likeness (QED) is 0.814. The molecule has 21 heavy (non-hydrogen) atoms. The molecule has 0 saturated carbocycles. The zero-order valence-corrected chi connectivity index (χ0v) is 12.1. The summed E-state index contributed by atoms with van der Waals surface area (Å²) in [6.07, 6.45) is 0.656. The number of esters is 2. The molecule has 5 nitrogen and oxygen atoms in total. The first-order chi connectivity index (χ1) is 10.2. The van der Waals surface area contributed by atoms with Gasteiger partial charge in [-0.05, 0) is 19.4 Å². The van der Waals surface area contributed by atoms with Crippen LogP contribution in [-0.2, 0) is 20.8 Å². The van der Waals surface area contributed by atoms with Crippen LogP contribution in [0, 0.1) is 0 Å². The van der Waals surface area contributed by atoms with Crippen molar-refractivity contribution in [3.63, 3.8) is 0 Å². The fourth-order valence-electron chi connectivity index (χ4n) is 3.11. The van der Waals surface area contributed by atoms with Gasteiger partial charge >= 0.3 is 11.9 Å². The molecule has 1 unspecified atom stereocenters. The second-order valence-corrected chi connectivity index (χ2v) is 5.01. The van der Waals surface area contributed by atoms with E-state index in [1.165, 1.54) is 7.11 Å². The number of carbonyl (C=O) groups is 2. The predicted molar refractivity (Wildman–Crippen MR) is 77.3 cm³/mol. The molecular formula is C16H17NO4. The molecule has 0 bridgehead atoms. The van der Waals surface area contributed by atoms with Gasteiger partial charge in [-0.15, -0.1) is 0 Å². The number of benzene rings is 1. The molecule has 1 aliphatic heterocycles. The average molecular weight is 287 g/mol. The number of hydrogen-bond acceptors (Lipinski definition) is 4. The molecule has 0 radical (unpaired) electrons. The third kappa shape index (κ3) is 2.00. The summed E-state index contributed by atoms with van der Waals surface area (Å²) in [6, 6.07) is 7.65. The van der Waals surface area contributed by atoms with Gasteiger partial charge in [0.25, 0.3) is 0 Å². The minimum Gasteiger partial charge on any atom is -0.465 e. The van der Waals surface area contributed by atoms with Gasteiger partial charge in [0, 0.05) is 23.1 Å². The van der Waals surface area contributed by atoms with E-state index in [1.807, 2.05) is 28.8 Å². The van der Waals surface area contributed by atoms with Gasteiger partial charge in [0.05, 0.1) is 25.2 Å². The maximum Gasteiger partial charge on any atom is 0.340 e. The number of para-hydroxylation sites is 1. The standard InChI is InChI=1S/C16H17NO4/c1-3-21-15(18)11-8-9-17-12-7-5-4-6-10(12)13(14(11)17)16(19)20-2/h4-7,11H,3,8-9H2,1-2H3. The maximum atomic E-state index is 12.2. The van der Waals surface area contributed by atoms with Crippen molar-refractivity contribution in [2.75, 3.05) is 13.7 Å². The number of aryl methyl sites for hydroxylation is 1. The lowest BCUT2D eigenvalue weighted by Crippen LogP contribution is -2.16. The van der Waals surface area contributed by atoms with Crippen LogP contribution in [0.4, 0.5) is 0 Å². The van der Waals surface area contributed by atoms with Gasteiger partial charge in [0.1, 0.15) is 0 Å². The third-order valence-electron chi connectivity index (χ3n) is 3.94. The Morgan fingerprint density at radius 1 is 1.33 bits per heavy atom. The van der Waals surface area contributed by atoms with Crippen molar-refractivity contribution in [3.05, 3.63) is 35.5 Å². The second kappa shape index (κ2) is 5.24. The van der Waals surface area contributed by atoms with Gasteiger partial charge in [0.2, 0.25) is 0 Å². The molecule has 0 aliphatic carbocycles. The van der Waals surface area contributed by atoms with Gasteiger partial charge in [-0.3, -0.25) is 4.79 Å². The number of methoxy groups -OCH3 is 1. The van der Waals surface area contributed by atoms with Crippen LogP contribution in [0.1, 0.15) is 35.3 Å². The van der Waals surface area contributed by atoms with Crippen LogP contribution in [0.3, 0.4) is 0 Å². The Labute approximate surface area is 122 Å². The molecule has 1 atom stereocenters. The van der Waals surface area contributed by atoms with Crippen molar-refractivity contribution in [1.29, 1.82) is 0 Å². The first-order valence-electron chi connectivity index (χ1n) is 7.05. The number of ether oxygens (including phenoxy) is 2. The van der Waals surface area contributed by atoms with Gasteiger partial charge in [-0.1, -0.05) is 18.2 Å². The fraction of sp³-hybridized carbons (Fsp3) is 0.375. The number of fused-ring (bicyclic) bond motifs is 3. The second-order valence-electron chi connectivity index (χ2n) is 5.01. The average Bonchev–Trinajstić information content (AvgIpc) is 3.04. The zero-order valence-electron chi connectivity index (χ0n) is 12.1. The highest BCUT2D eigenvalue weighted by atomic mass is 16.5. The van der Waals surface area contributed by atoms with Gasteiger partial charge in [0.15, 0.2) is 0 Å². The molecule has 2 aromatic rings. The van der Waals surface area contributed by atoms with E-state index in [0.29, 0.717) is 25.1 Å². The molecule has 1 aromatic heterocycles. The molecule has 5 heteroatoms. The maximum absolute atomic E-state index is 12.2. The molecule has 0 saturated heterocycles. The van der Waals surface area contributed by atoms with Gasteiger partial charge < -0.3 is 14.0 Å². The summed E-state index contributed by atoms with van der Waals surface area (Å²) in [5.74, 6) is -1.08. The number of carbonyl (C=O) groups excluding carboxylic acids is 2. The smallest absolute Gasteiger partial charge is 0.340 e. The largest absolute Gasteiger partial charge is 0.465 e. The van der Waals surface area contributed by atoms with E-state index in [9.17, 15) is 9.59 Å². The zero-order chi connectivity index (χ0) is 15.0. The number of aromatic nitrogens is 1. The summed E-state index contributed by atoms with van der Waals surface area (Å²) in [6.45, 7) is 2.82. The van der Waals surface area contributed by atoms with Crippen LogP contribution in [0.25, 0.3) is 10.9 Å². The van der Waals surface area contributed by atoms with E-state index in [0.717, 1.165) is 16.6 Å². The lowest BCUT2D eigenvalue weighted by atomic mass is 9.99. The Balaban J connectivity index is 2.22. The van der Waals surface area contributed by atoms with Gasteiger partial charge in [-0.2, -0.15) is 0 Å². The van der Waals surface area contributed by atoms with Crippen LogP contribution in [0.2, 0.25) is 0 Å². The number of hydrogen-bond donors (Lipinski definition) is 0. The Kier molecular flexibility index (Phi) is 3.41. The predicted octanol–water partition coefficient (Wildman–Crippen LogP) is 2.48. The van der Waals surface area contributed by atoms with Crippen LogP contribution in [0.15, 0.2) is 24.3 Å². The summed E-state index contributed by atoms with van der Waals surface area (Å²) in [5.41, 5.74) is 2.17. The molecule has 110 valence electrons. The Morgan fingerprint density at radius 2 is 2.10 bits per heavy atom. The Morgan fingerprint density at radius 3 is 2.81 bits per heavy atom. The van der Waals surface area contributed by atoms with E-state index in [-0.39, 0.29) is 5.97 Å². The Hall–Kier alpha value is -2.30. The van der Waals surface area contributed by atoms with Gasteiger partial charge in [-0.25, -0.2) is 4.79 Å². The number of rotatable bonds is 3. The van der Waals surface area contributed by atoms with Crippen LogP contribution in [-0.4, -0.2) is 30.2 Å². The first-order valence-corrected chi connectivity index (χ1v) is 7.05. The summed E-state index contributed by atoms with van der Waals surface area (Å²) in [4.78, 5) is 24.3. The third-order valence-corrected chi connectivity index (χ3v) is 3.94. The molecule has 0 fully saturated rings. The topological polar surface area (TPSA) is 57.5 Å². The van der Waals surface area contributed by atoms with Crippen LogP contribution < -0.4 is 0 Å². The lowest BCUT2D eigenvalue weighted by molar-refractivity contribution is -0.144. The van der Waals surface area contributed by atoms with Crippen LogP contribution >= 0.6 is 0 Å². The molecule has 2 heterocycles. The highest BCUT2D eigenvalue weighted by Crippen LogP contribution is 2.39. The molecule has 1 aromatic carbocycles. The summed E-state index contributed by atoms with van der Waals surface area (Å²) >= 11 is 0. The van der Waals surface area contributed by atoms with Crippen LogP contribution in [0.5, 0.6) is 0 Å². The highest BCUT2D eigenvalue weighted by Gasteiger charge is 2.37. The molecule has 0 N–H and O–H groups in total. The van der Waals surface area contributed by atoms with Crippen molar-refractivity contribution >= 4 is 22.8 Å².